The Kier molecular flexibility index (Phi) is 2.29. The van der Waals surface area contributed by atoms with Crippen LogP contribution in [0.1, 0.15) is 5.56 Å². The molecule has 0 amide bonds. The molecule has 0 atom stereocenters. The fraction of sp³-hybridized carbons (Fsp3) is 0.111. The van der Waals surface area contributed by atoms with E-state index in [1.54, 1.807) is 6.07 Å². The summed E-state index contributed by atoms with van der Waals surface area (Å²) in [4.78, 5) is 0. The van der Waals surface area contributed by atoms with Gasteiger partial charge in [-0.2, -0.15) is 0 Å². The van der Waals surface area contributed by atoms with Gasteiger partial charge in [0.15, 0.2) is 0 Å². The minimum Gasteiger partial charge on any atom is -0.206 e. The standard InChI is InChI=1S/C9H7ClO2S2/c1-6-3-2-4-7-5-8(13-9(6)7)14(10,11)12/h2-5H,1H3. The summed E-state index contributed by atoms with van der Waals surface area (Å²) in [5, 5.41) is 0.925. The molecule has 0 aliphatic carbocycles. The summed E-state index contributed by atoms with van der Waals surface area (Å²) >= 11 is 1.21. The van der Waals surface area contributed by atoms with E-state index < -0.39 is 9.05 Å². The van der Waals surface area contributed by atoms with Crippen molar-refractivity contribution in [3.05, 3.63) is 29.8 Å². The van der Waals surface area contributed by atoms with E-state index in [-0.39, 0.29) is 4.21 Å². The van der Waals surface area contributed by atoms with Gasteiger partial charge in [0, 0.05) is 15.4 Å². The lowest BCUT2D eigenvalue weighted by Crippen LogP contribution is -1.83. The largest absolute Gasteiger partial charge is 0.270 e. The molecule has 0 spiro atoms. The first kappa shape index (κ1) is 9.96. The number of thiophene rings is 1. The molecule has 74 valence electrons. The summed E-state index contributed by atoms with van der Waals surface area (Å²) in [7, 11) is 1.67. The molecule has 0 aliphatic heterocycles. The molecule has 1 heterocycles. The maximum atomic E-state index is 11.1. The highest BCUT2D eigenvalue weighted by Crippen LogP contribution is 2.32. The van der Waals surface area contributed by atoms with Crippen LogP contribution in [0.2, 0.25) is 0 Å². The number of aryl methyl sites for hydroxylation is 1. The van der Waals surface area contributed by atoms with Crippen LogP contribution >= 0.6 is 22.0 Å². The van der Waals surface area contributed by atoms with E-state index in [2.05, 4.69) is 0 Å². The Hall–Kier alpha value is -0.580. The SMILES string of the molecule is Cc1cccc2cc(S(=O)(=O)Cl)sc12. The molecular weight excluding hydrogens is 240 g/mol. The highest BCUT2D eigenvalue weighted by atomic mass is 35.7. The second kappa shape index (κ2) is 3.22. The van der Waals surface area contributed by atoms with Crippen molar-refractivity contribution in [2.75, 3.05) is 0 Å². The number of hydrogen-bond donors (Lipinski definition) is 0. The predicted octanol–water partition coefficient (Wildman–Crippen LogP) is 3.14. The first-order chi connectivity index (χ1) is 6.48. The molecule has 0 bridgehead atoms. The van der Waals surface area contributed by atoms with Crippen LogP contribution in [0.5, 0.6) is 0 Å². The Balaban J connectivity index is 2.81. The molecule has 2 nitrogen and oxygen atoms in total. The first-order valence-corrected chi connectivity index (χ1v) is 7.05. The third-order valence-electron chi connectivity index (χ3n) is 1.96. The number of hydrogen-bond acceptors (Lipinski definition) is 3. The summed E-state index contributed by atoms with van der Waals surface area (Å²) in [6, 6.07) is 7.33. The van der Waals surface area contributed by atoms with Crippen molar-refractivity contribution in [1.29, 1.82) is 0 Å². The quantitative estimate of drug-likeness (QED) is 0.725. The molecule has 14 heavy (non-hydrogen) atoms. The van der Waals surface area contributed by atoms with Crippen molar-refractivity contribution in [1.82, 2.24) is 0 Å². The molecule has 5 heteroatoms. The maximum Gasteiger partial charge on any atom is 0.270 e. The van der Waals surface area contributed by atoms with E-state index in [0.29, 0.717) is 0 Å². The van der Waals surface area contributed by atoms with Crippen molar-refractivity contribution >= 4 is 41.2 Å². The Bertz CT molecular complexity index is 584. The van der Waals surface area contributed by atoms with Crippen molar-refractivity contribution in [2.45, 2.75) is 11.1 Å². The van der Waals surface area contributed by atoms with Crippen molar-refractivity contribution < 1.29 is 8.42 Å². The van der Waals surface area contributed by atoms with Crippen molar-refractivity contribution in [3.8, 4) is 0 Å². The summed E-state index contributed by atoms with van der Waals surface area (Å²) in [6.45, 7) is 1.95. The average Bonchev–Trinajstić information content (AvgIpc) is 2.48. The van der Waals surface area contributed by atoms with Crippen LogP contribution in [0.25, 0.3) is 10.1 Å². The first-order valence-electron chi connectivity index (χ1n) is 3.92. The zero-order valence-corrected chi connectivity index (χ0v) is 9.71. The van der Waals surface area contributed by atoms with Gasteiger partial charge in [0.1, 0.15) is 4.21 Å². The van der Waals surface area contributed by atoms with Gasteiger partial charge in [-0.1, -0.05) is 18.2 Å². The van der Waals surface area contributed by atoms with E-state index >= 15 is 0 Å². The van der Waals surface area contributed by atoms with E-state index in [0.717, 1.165) is 15.6 Å². The Labute approximate surface area is 90.6 Å². The molecule has 0 saturated carbocycles. The fourth-order valence-electron chi connectivity index (χ4n) is 1.31. The molecule has 0 aliphatic rings. The number of fused-ring (bicyclic) bond motifs is 1. The highest BCUT2D eigenvalue weighted by Gasteiger charge is 2.14. The van der Waals surface area contributed by atoms with Gasteiger partial charge in [0.25, 0.3) is 9.05 Å². The van der Waals surface area contributed by atoms with E-state index in [1.165, 1.54) is 11.3 Å². The predicted molar refractivity (Wildman–Crippen MR) is 59.6 cm³/mol. The minimum absolute atomic E-state index is 0.212. The molecular formula is C9H7ClO2S2. The maximum absolute atomic E-state index is 11.1. The van der Waals surface area contributed by atoms with Gasteiger partial charge in [-0.05, 0) is 23.9 Å². The number of rotatable bonds is 1. The molecule has 2 aromatic rings. The van der Waals surface area contributed by atoms with Crippen LogP contribution in [0.4, 0.5) is 0 Å². The van der Waals surface area contributed by atoms with Gasteiger partial charge < -0.3 is 0 Å². The van der Waals surface area contributed by atoms with Crippen LogP contribution in [-0.2, 0) is 9.05 Å². The lowest BCUT2D eigenvalue weighted by Gasteiger charge is -1.91. The summed E-state index contributed by atoms with van der Waals surface area (Å²) in [5.41, 5.74) is 1.07. The smallest absolute Gasteiger partial charge is 0.206 e. The normalized spacial score (nSPS) is 12.1. The second-order valence-electron chi connectivity index (χ2n) is 3.00. The lowest BCUT2D eigenvalue weighted by molar-refractivity contribution is 0.611. The van der Waals surface area contributed by atoms with Crippen molar-refractivity contribution in [2.24, 2.45) is 0 Å². The molecule has 2 rings (SSSR count). The van der Waals surface area contributed by atoms with E-state index in [9.17, 15) is 8.42 Å². The monoisotopic (exact) mass is 246 g/mol. The molecule has 0 saturated heterocycles. The van der Waals surface area contributed by atoms with Crippen molar-refractivity contribution in [3.63, 3.8) is 0 Å². The molecule has 1 aromatic carbocycles. The van der Waals surface area contributed by atoms with E-state index in [1.807, 2.05) is 25.1 Å². The van der Waals surface area contributed by atoms with Gasteiger partial charge in [0.2, 0.25) is 0 Å². The molecule has 0 fully saturated rings. The third-order valence-corrected chi connectivity index (χ3v) is 5.32. The zero-order valence-electron chi connectivity index (χ0n) is 7.32. The third kappa shape index (κ3) is 1.65. The van der Waals surface area contributed by atoms with Crippen LogP contribution in [-0.4, -0.2) is 8.42 Å². The Morgan fingerprint density at radius 1 is 1.36 bits per heavy atom. The number of benzene rings is 1. The van der Waals surface area contributed by atoms with Gasteiger partial charge in [-0.25, -0.2) is 8.42 Å². The minimum atomic E-state index is -3.59. The number of halogens is 1. The van der Waals surface area contributed by atoms with Gasteiger partial charge in [-0.15, -0.1) is 11.3 Å². The molecule has 1 aromatic heterocycles. The summed E-state index contributed by atoms with van der Waals surface area (Å²) in [5.74, 6) is 0. The average molecular weight is 247 g/mol. The fourth-order valence-corrected chi connectivity index (χ4v) is 3.50. The molecule has 0 radical (unpaired) electrons. The van der Waals surface area contributed by atoms with Gasteiger partial charge >= 0.3 is 0 Å². The van der Waals surface area contributed by atoms with Crippen LogP contribution < -0.4 is 0 Å². The van der Waals surface area contributed by atoms with E-state index in [4.69, 9.17) is 10.7 Å². The van der Waals surface area contributed by atoms with Crippen LogP contribution in [0.3, 0.4) is 0 Å². The lowest BCUT2D eigenvalue weighted by atomic mass is 10.2. The highest BCUT2D eigenvalue weighted by molar-refractivity contribution is 8.15. The van der Waals surface area contributed by atoms with Gasteiger partial charge in [0.05, 0.1) is 0 Å². The van der Waals surface area contributed by atoms with Crippen LogP contribution in [0.15, 0.2) is 28.5 Å². The van der Waals surface area contributed by atoms with Gasteiger partial charge in [-0.3, -0.25) is 0 Å². The zero-order chi connectivity index (χ0) is 10.3. The summed E-state index contributed by atoms with van der Waals surface area (Å²) in [6.07, 6.45) is 0. The Morgan fingerprint density at radius 2 is 2.07 bits per heavy atom. The Morgan fingerprint density at radius 3 is 2.64 bits per heavy atom. The molecule has 0 unspecified atom stereocenters. The second-order valence-corrected chi connectivity index (χ2v) is 6.84. The van der Waals surface area contributed by atoms with Crippen LogP contribution in [0, 0.1) is 6.92 Å². The summed E-state index contributed by atoms with van der Waals surface area (Å²) < 4.78 is 23.4. The topological polar surface area (TPSA) is 34.1 Å². The molecule has 0 N–H and O–H groups in total.